The zero-order valence-electron chi connectivity index (χ0n) is 9.01. The number of carbonyl (C=O) groups excluding carboxylic acids is 1. The molecule has 0 saturated heterocycles. The summed E-state index contributed by atoms with van der Waals surface area (Å²) in [4.78, 5) is 11.2. The lowest BCUT2D eigenvalue weighted by Crippen LogP contribution is -2.34. The van der Waals surface area contributed by atoms with Crippen molar-refractivity contribution in [3.05, 3.63) is 11.6 Å². The zero-order valence-corrected chi connectivity index (χ0v) is 9.01. The van der Waals surface area contributed by atoms with Gasteiger partial charge in [-0.15, -0.1) is 6.42 Å². The molecular weight excluding hydrogens is 188 g/mol. The molecule has 1 amide bonds. The summed E-state index contributed by atoms with van der Waals surface area (Å²) in [6, 6.07) is 0. The smallest absolute Gasteiger partial charge is 0.233 e. The summed E-state index contributed by atoms with van der Waals surface area (Å²) in [5.74, 6) is 2.44. The van der Waals surface area contributed by atoms with Gasteiger partial charge < -0.3 is 5.32 Å². The molecule has 15 heavy (non-hydrogen) atoms. The maximum atomic E-state index is 11.2. The second kappa shape index (κ2) is 7.08. The van der Waals surface area contributed by atoms with E-state index in [2.05, 4.69) is 22.6 Å². The van der Waals surface area contributed by atoms with Gasteiger partial charge in [-0.2, -0.15) is 0 Å². The van der Waals surface area contributed by atoms with Crippen molar-refractivity contribution in [2.24, 2.45) is 0 Å². The van der Waals surface area contributed by atoms with Gasteiger partial charge in [0.05, 0.1) is 13.1 Å². The molecule has 0 aliphatic heterocycles. The van der Waals surface area contributed by atoms with E-state index in [0.29, 0.717) is 13.1 Å². The molecule has 3 nitrogen and oxygen atoms in total. The van der Waals surface area contributed by atoms with E-state index in [-0.39, 0.29) is 5.91 Å². The van der Waals surface area contributed by atoms with Crippen molar-refractivity contribution >= 4 is 5.91 Å². The Hall–Kier alpha value is -1.27. The van der Waals surface area contributed by atoms with Crippen LogP contribution in [0, 0.1) is 12.3 Å². The molecule has 0 unspecified atom stereocenters. The van der Waals surface area contributed by atoms with Crippen LogP contribution in [0.3, 0.4) is 0 Å². The molecule has 2 N–H and O–H groups in total. The highest BCUT2D eigenvalue weighted by Gasteiger charge is 2.04. The van der Waals surface area contributed by atoms with Crippen LogP contribution in [0.2, 0.25) is 0 Å². The van der Waals surface area contributed by atoms with Crippen LogP contribution in [0.25, 0.3) is 0 Å². The quantitative estimate of drug-likeness (QED) is 0.384. The molecule has 1 aliphatic rings. The molecule has 1 aliphatic carbocycles. The topological polar surface area (TPSA) is 41.1 Å². The number of carbonyl (C=O) groups is 1. The summed E-state index contributed by atoms with van der Waals surface area (Å²) in [5, 5.41) is 5.71. The number of hydrogen-bond acceptors (Lipinski definition) is 2. The number of rotatable bonds is 6. The summed E-state index contributed by atoms with van der Waals surface area (Å²) in [7, 11) is 0. The van der Waals surface area contributed by atoms with Gasteiger partial charge in [0.1, 0.15) is 0 Å². The number of allylic oxidation sites excluding steroid dienone is 1. The van der Waals surface area contributed by atoms with E-state index >= 15 is 0 Å². The number of amides is 1. The van der Waals surface area contributed by atoms with Crippen LogP contribution < -0.4 is 10.6 Å². The fraction of sp³-hybridized carbons (Fsp3) is 0.583. The highest BCUT2D eigenvalue weighted by Crippen LogP contribution is 2.19. The second-order valence-corrected chi connectivity index (χ2v) is 3.66. The third-order valence-electron chi connectivity index (χ3n) is 2.42. The van der Waals surface area contributed by atoms with Gasteiger partial charge >= 0.3 is 0 Å². The molecular formula is C12H18N2O. The summed E-state index contributed by atoms with van der Waals surface area (Å²) in [5.41, 5.74) is 1.48. The first-order chi connectivity index (χ1) is 7.33. The van der Waals surface area contributed by atoms with Crippen LogP contribution in [0.4, 0.5) is 0 Å². The Kier molecular flexibility index (Phi) is 5.57. The van der Waals surface area contributed by atoms with Crippen LogP contribution in [0.15, 0.2) is 11.6 Å². The first kappa shape index (κ1) is 11.8. The molecule has 0 spiro atoms. The fourth-order valence-corrected chi connectivity index (χ4v) is 1.64. The highest BCUT2D eigenvalue weighted by atomic mass is 16.1. The minimum Gasteiger partial charge on any atom is -0.355 e. The lowest BCUT2D eigenvalue weighted by molar-refractivity contribution is -0.120. The SMILES string of the molecule is C#CCNCC(=O)NCCC1=CCCC1. The fourth-order valence-electron chi connectivity index (χ4n) is 1.64. The minimum absolute atomic E-state index is 0.0175. The molecule has 0 fully saturated rings. The predicted octanol–water partition coefficient (Wildman–Crippen LogP) is 0.826. The highest BCUT2D eigenvalue weighted by molar-refractivity contribution is 5.77. The Balaban J connectivity index is 1.99. The zero-order chi connectivity index (χ0) is 10.9. The van der Waals surface area contributed by atoms with Crippen molar-refractivity contribution in [2.75, 3.05) is 19.6 Å². The van der Waals surface area contributed by atoms with E-state index in [4.69, 9.17) is 6.42 Å². The maximum absolute atomic E-state index is 11.2. The van der Waals surface area contributed by atoms with Gasteiger partial charge in [-0.3, -0.25) is 10.1 Å². The first-order valence-corrected chi connectivity index (χ1v) is 5.41. The average Bonchev–Trinajstić information content (AvgIpc) is 2.71. The average molecular weight is 206 g/mol. The normalized spacial score (nSPS) is 14.5. The molecule has 82 valence electrons. The lowest BCUT2D eigenvalue weighted by atomic mass is 10.2. The van der Waals surface area contributed by atoms with Crippen molar-refractivity contribution in [1.82, 2.24) is 10.6 Å². The summed E-state index contributed by atoms with van der Waals surface area (Å²) in [6.45, 7) is 1.49. The molecule has 1 rings (SSSR count). The molecule has 3 heteroatoms. The largest absolute Gasteiger partial charge is 0.355 e. The van der Waals surface area contributed by atoms with Gasteiger partial charge in [-0.05, 0) is 25.7 Å². The number of terminal acetylenes is 1. The Morgan fingerprint density at radius 2 is 2.47 bits per heavy atom. The van der Waals surface area contributed by atoms with Crippen LogP contribution in [0.1, 0.15) is 25.7 Å². The van der Waals surface area contributed by atoms with Crippen molar-refractivity contribution in [3.63, 3.8) is 0 Å². The van der Waals surface area contributed by atoms with E-state index in [1.165, 1.54) is 24.8 Å². The van der Waals surface area contributed by atoms with Gasteiger partial charge in [0.25, 0.3) is 0 Å². The van der Waals surface area contributed by atoms with Crippen molar-refractivity contribution in [1.29, 1.82) is 0 Å². The molecule has 0 aromatic carbocycles. The Morgan fingerprint density at radius 3 is 3.13 bits per heavy atom. The van der Waals surface area contributed by atoms with Crippen molar-refractivity contribution in [3.8, 4) is 12.3 Å². The Labute approximate surface area is 91.3 Å². The van der Waals surface area contributed by atoms with Crippen LogP contribution in [-0.2, 0) is 4.79 Å². The standard InChI is InChI=1S/C12H18N2O/c1-2-8-13-10-12(15)14-9-7-11-5-3-4-6-11/h1,5,13H,3-4,6-10H2,(H,14,15). The van der Waals surface area contributed by atoms with Gasteiger partial charge in [0.15, 0.2) is 0 Å². The van der Waals surface area contributed by atoms with E-state index in [1.54, 1.807) is 0 Å². The molecule has 0 aromatic rings. The molecule has 0 heterocycles. The van der Waals surface area contributed by atoms with Crippen LogP contribution in [0.5, 0.6) is 0 Å². The number of nitrogens with one attached hydrogen (secondary N) is 2. The van der Waals surface area contributed by atoms with Gasteiger partial charge in [-0.25, -0.2) is 0 Å². The second-order valence-electron chi connectivity index (χ2n) is 3.66. The summed E-state index contributed by atoms with van der Waals surface area (Å²) < 4.78 is 0. The minimum atomic E-state index is 0.0175. The molecule has 0 atom stereocenters. The summed E-state index contributed by atoms with van der Waals surface area (Å²) in [6.07, 6.45) is 12.0. The third-order valence-corrected chi connectivity index (χ3v) is 2.42. The molecule has 0 aromatic heterocycles. The summed E-state index contributed by atoms with van der Waals surface area (Å²) >= 11 is 0. The van der Waals surface area contributed by atoms with Gasteiger partial charge in [0, 0.05) is 6.54 Å². The van der Waals surface area contributed by atoms with Gasteiger partial charge in [-0.1, -0.05) is 17.6 Å². The maximum Gasteiger partial charge on any atom is 0.233 e. The lowest BCUT2D eigenvalue weighted by Gasteiger charge is -2.05. The van der Waals surface area contributed by atoms with Gasteiger partial charge in [0.2, 0.25) is 5.91 Å². The monoisotopic (exact) mass is 206 g/mol. The van der Waals surface area contributed by atoms with Crippen LogP contribution >= 0.6 is 0 Å². The van der Waals surface area contributed by atoms with E-state index in [9.17, 15) is 4.79 Å². The van der Waals surface area contributed by atoms with E-state index < -0.39 is 0 Å². The third kappa shape index (κ3) is 5.24. The van der Waals surface area contributed by atoms with E-state index in [0.717, 1.165) is 13.0 Å². The first-order valence-electron chi connectivity index (χ1n) is 5.41. The van der Waals surface area contributed by atoms with E-state index in [1.807, 2.05) is 0 Å². The predicted molar refractivity (Wildman–Crippen MR) is 61.3 cm³/mol. The van der Waals surface area contributed by atoms with Crippen molar-refractivity contribution < 1.29 is 4.79 Å². The Morgan fingerprint density at radius 1 is 1.60 bits per heavy atom. The van der Waals surface area contributed by atoms with Crippen molar-refractivity contribution in [2.45, 2.75) is 25.7 Å². The number of hydrogen-bond donors (Lipinski definition) is 2. The molecule has 0 saturated carbocycles. The van der Waals surface area contributed by atoms with Crippen LogP contribution in [-0.4, -0.2) is 25.5 Å². The molecule has 0 radical (unpaired) electrons. The molecule has 0 bridgehead atoms. The Bertz CT molecular complexity index is 276.